The van der Waals surface area contributed by atoms with Gasteiger partial charge in [-0.1, -0.05) is 54.6 Å². The van der Waals surface area contributed by atoms with Crippen LogP contribution in [0.15, 0.2) is 71.7 Å². The van der Waals surface area contributed by atoms with Crippen molar-refractivity contribution in [3.8, 4) is 22.6 Å². The lowest BCUT2D eigenvalue weighted by Gasteiger charge is -2.21. The van der Waals surface area contributed by atoms with Crippen LogP contribution < -0.4 is 10.1 Å². The molecule has 0 unspecified atom stereocenters. The second-order valence-electron chi connectivity index (χ2n) is 7.24. The van der Waals surface area contributed by atoms with Crippen molar-refractivity contribution in [3.63, 3.8) is 0 Å². The van der Waals surface area contributed by atoms with E-state index in [9.17, 15) is 5.11 Å². The van der Waals surface area contributed by atoms with Crippen molar-refractivity contribution in [2.24, 2.45) is 4.99 Å². The molecule has 5 rings (SSSR count). The molecule has 0 amide bonds. The van der Waals surface area contributed by atoms with Gasteiger partial charge in [0.05, 0.1) is 12.7 Å². The SMILES string of the molecule is COc1ccc2ccccc2c1-c1c(O)c(C2=NCCCN2)cc2ccccc12. The Bertz CT molecular complexity index is 1260. The second-order valence-corrected chi connectivity index (χ2v) is 7.24. The average Bonchev–Trinajstić information content (AvgIpc) is 2.79. The quantitative estimate of drug-likeness (QED) is 0.517. The predicted octanol–water partition coefficient (Wildman–Crippen LogP) is 5.11. The van der Waals surface area contributed by atoms with Gasteiger partial charge in [0.1, 0.15) is 17.3 Å². The second kappa shape index (κ2) is 7.13. The molecule has 1 heterocycles. The van der Waals surface area contributed by atoms with Gasteiger partial charge in [0.25, 0.3) is 0 Å². The molecule has 0 spiro atoms. The molecule has 0 saturated carbocycles. The number of nitrogens with zero attached hydrogens (tertiary/aromatic N) is 1. The van der Waals surface area contributed by atoms with Crippen LogP contribution in [0.1, 0.15) is 12.0 Å². The number of aliphatic imine (C=N–C) groups is 1. The maximum absolute atomic E-state index is 11.5. The third-order valence-corrected chi connectivity index (χ3v) is 5.53. The Balaban J connectivity index is 1.92. The minimum absolute atomic E-state index is 0.228. The van der Waals surface area contributed by atoms with E-state index < -0.39 is 0 Å². The van der Waals surface area contributed by atoms with Gasteiger partial charge in [0, 0.05) is 24.2 Å². The fourth-order valence-electron chi connectivity index (χ4n) is 4.16. The molecule has 0 aliphatic carbocycles. The van der Waals surface area contributed by atoms with E-state index in [1.165, 1.54) is 0 Å². The summed E-state index contributed by atoms with van der Waals surface area (Å²) in [6, 6.07) is 22.4. The van der Waals surface area contributed by atoms with Crippen LogP contribution in [-0.4, -0.2) is 31.1 Å². The van der Waals surface area contributed by atoms with Crippen molar-refractivity contribution in [3.05, 3.63) is 72.3 Å². The molecule has 0 bridgehead atoms. The van der Waals surface area contributed by atoms with Gasteiger partial charge < -0.3 is 15.2 Å². The largest absolute Gasteiger partial charge is 0.507 e. The molecular weight excluding hydrogens is 360 g/mol. The van der Waals surface area contributed by atoms with Gasteiger partial charge in [-0.2, -0.15) is 0 Å². The summed E-state index contributed by atoms with van der Waals surface area (Å²) in [7, 11) is 1.67. The van der Waals surface area contributed by atoms with Gasteiger partial charge in [-0.15, -0.1) is 0 Å². The fourth-order valence-corrected chi connectivity index (χ4v) is 4.16. The number of rotatable bonds is 3. The smallest absolute Gasteiger partial charge is 0.135 e. The van der Waals surface area contributed by atoms with E-state index in [1.54, 1.807) is 7.11 Å². The zero-order valence-electron chi connectivity index (χ0n) is 16.3. The zero-order chi connectivity index (χ0) is 19.8. The summed E-state index contributed by atoms with van der Waals surface area (Å²) in [6.45, 7) is 1.62. The Morgan fingerprint density at radius 3 is 2.34 bits per heavy atom. The first-order chi connectivity index (χ1) is 14.3. The van der Waals surface area contributed by atoms with Crippen molar-refractivity contribution in [1.82, 2.24) is 5.32 Å². The van der Waals surface area contributed by atoms with Gasteiger partial charge in [-0.25, -0.2) is 0 Å². The molecule has 0 saturated heterocycles. The topological polar surface area (TPSA) is 53.9 Å². The van der Waals surface area contributed by atoms with Crippen LogP contribution in [0.3, 0.4) is 0 Å². The van der Waals surface area contributed by atoms with E-state index in [4.69, 9.17) is 4.74 Å². The number of aromatic hydroxyl groups is 1. The minimum atomic E-state index is 0.228. The Morgan fingerprint density at radius 2 is 1.62 bits per heavy atom. The number of fused-ring (bicyclic) bond motifs is 2. The maximum Gasteiger partial charge on any atom is 0.135 e. The summed E-state index contributed by atoms with van der Waals surface area (Å²) >= 11 is 0. The summed E-state index contributed by atoms with van der Waals surface area (Å²) in [5.74, 6) is 1.71. The van der Waals surface area contributed by atoms with E-state index in [0.717, 1.165) is 69.3 Å². The number of benzene rings is 4. The number of phenolic OH excluding ortho intramolecular Hbond substituents is 1. The number of methoxy groups -OCH3 is 1. The van der Waals surface area contributed by atoms with Gasteiger partial charge in [0.2, 0.25) is 0 Å². The summed E-state index contributed by atoms with van der Waals surface area (Å²) < 4.78 is 5.74. The van der Waals surface area contributed by atoms with Crippen LogP contribution >= 0.6 is 0 Å². The molecular formula is C25H22N2O2. The number of hydrogen-bond acceptors (Lipinski definition) is 4. The minimum Gasteiger partial charge on any atom is -0.507 e. The van der Waals surface area contributed by atoms with Crippen LogP contribution in [0, 0.1) is 0 Å². The van der Waals surface area contributed by atoms with Crippen molar-refractivity contribution < 1.29 is 9.84 Å². The number of nitrogens with one attached hydrogen (secondary N) is 1. The molecule has 29 heavy (non-hydrogen) atoms. The first-order valence-electron chi connectivity index (χ1n) is 9.87. The molecule has 0 aromatic heterocycles. The Hall–Kier alpha value is -3.53. The molecule has 1 aliphatic rings. The third kappa shape index (κ3) is 2.88. The first kappa shape index (κ1) is 17.6. The average molecular weight is 382 g/mol. The first-order valence-corrected chi connectivity index (χ1v) is 9.87. The molecule has 1 aliphatic heterocycles. The van der Waals surface area contributed by atoms with E-state index in [-0.39, 0.29) is 5.75 Å². The molecule has 4 heteroatoms. The van der Waals surface area contributed by atoms with Gasteiger partial charge in [-0.3, -0.25) is 4.99 Å². The highest BCUT2D eigenvalue weighted by Gasteiger charge is 2.22. The third-order valence-electron chi connectivity index (χ3n) is 5.53. The van der Waals surface area contributed by atoms with Crippen molar-refractivity contribution >= 4 is 27.4 Å². The Kier molecular flexibility index (Phi) is 4.32. The van der Waals surface area contributed by atoms with Gasteiger partial charge in [0.15, 0.2) is 0 Å². The van der Waals surface area contributed by atoms with Crippen molar-refractivity contribution in [1.29, 1.82) is 0 Å². The number of phenols is 1. The van der Waals surface area contributed by atoms with Gasteiger partial charge >= 0.3 is 0 Å². The lowest BCUT2D eigenvalue weighted by atomic mass is 9.90. The molecule has 2 N–H and O–H groups in total. The number of ether oxygens (including phenoxy) is 1. The highest BCUT2D eigenvalue weighted by atomic mass is 16.5. The summed E-state index contributed by atoms with van der Waals surface area (Å²) in [5, 5.41) is 19.0. The highest BCUT2D eigenvalue weighted by molar-refractivity contribution is 6.15. The summed E-state index contributed by atoms with van der Waals surface area (Å²) in [5.41, 5.74) is 2.41. The fraction of sp³-hybridized carbons (Fsp3) is 0.160. The highest BCUT2D eigenvalue weighted by Crippen LogP contribution is 2.46. The van der Waals surface area contributed by atoms with Crippen LogP contribution in [0.5, 0.6) is 11.5 Å². The molecule has 0 radical (unpaired) electrons. The molecule has 4 nitrogen and oxygen atoms in total. The van der Waals surface area contributed by atoms with Crippen LogP contribution in [0.25, 0.3) is 32.7 Å². The van der Waals surface area contributed by atoms with Crippen LogP contribution in [-0.2, 0) is 0 Å². The van der Waals surface area contributed by atoms with Crippen molar-refractivity contribution in [2.45, 2.75) is 6.42 Å². The maximum atomic E-state index is 11.5. The standard InChI is InChI=1S/C25H22N2O2/c1-29-21-12-11-16-7-2-4-9-18(16)22(21)23-19-10-5-3-8-17(19)15-20(24(23)28)25-26-13-6-14-27-25/h2-5,7-12,15,28H,6,13-14H2,1H3,(H,26,27). The van der Waals surface area contributed by atoms with Crippen LogP contribution in [0.4, 0.5) is 0 Å². The van der Waals surface area contributed by atoms with Crippen LogP contribution in [0.2, 0.25) is 0 Å². The van der Waals surface area contributed by atoms with Crippen molar-refractivity contribution in [2.75, 3.05) is 20.2 Å². The summed E-state index contributed by atoms with van der Waals surface area (Å²) in [6.07, 6.45) is 1.00. The zero-order valence-corrected chi connectivity index (χ0v) is 16.3. The Morgan fingerprint density at radius 1 is 0.897 bits per heavy atom. The lowest BCUT2D eigenvalue weighted by molar-refractivity contribution is 0.416. The normalized spacial score (nSPS) is 13.9. The Labute approximate surface area is 169 Å². The molecule has 0 fully saturated rings. The number of hydrogen-bond donors (Lipinski definition) is 2. The molecule has 144 valence electrons. The summed E-state index contributed by atoms with van der Waals surface area (Å²) in [4.78, 5) is 4.62. The van der Waals surface area contributed by atoms with E-state index in [2.05, 4.69) is 28.5 Å². The molecule has 4 aromatic rings. The molecule has 0 atom stereocenters. The van der Waals surface area contributed by atoms with E-state index in [1.807, 2.05) is 48.5 Å². The molecule has 4 aromatic carbocycles. The lowest BCUT2D eigenvalue weighted by Crippen LogP contribution is -2.30. The van der Waals surface area contributed by atoms with Gasteiger partial charge in [-0.05, 0) is 40.1 Å². The predicted molar refractivity (Wildman–Crippen MR) is 119 cm³/mol. The number of amidine groups is 1. The van der Waals surface area contributed by atoms with E-state index in [0.29, 0.717) is 0 Å². The monoisotopic (exact) mass is 382 g/mol. The van der Waals surface area contributed by atoms with E-state index >= 15 is 0 Å².